The fourth-order valence-corrected chi connectivity index (χ4v) is 3.82. The molecule has 0 saturated carbocycles. The Morgan fingerprint density at radius 2 is 1.97 bits per heavy atom. The van der Waals surface area contributed by atoms with Crippen LogP contribution in [0.15, 0.2) is 52.1 Å². The molecule has 0 aliphatic heterocycles. The zero-order chi connectivity index (χ0) is 26.4. The van der Waals surface area contributed by atoms with Crippen LogP contribution < -0.4 is 31.9 Å². The van der Waals surface area contributed by atoms with Crippen LogP contribution in [0, 0.1) is 10.1 Å². The number of nitro benzene ring substituents is 1. The molecule has 0 aliphatic rings. The number of nitro groups is 1. The quantitative estimate of drug-likeness (QED) is 0.285. The fourth-order valence-electron chi connectivity index (χ4n) is 3.82. The molecular weight excluding hydrogens is 468 g/mol. The van der Waals surface area contributed by atoms with Gasteiger partial charge in [0.15, 0.2) is 5.69 Å². The monoisotopic (exact) mass is 496 g/mol. The Labute approximate surface area is 206 Å². The number of anilines is 3. The van der Waals surface area contributed by atoms with Gasteiger partial charge in [-0.25, -0.2) is 4.79 Å². The van der Waals surface area contributed by atoms with E-state index in [1.54, 1.807) is 31.3 Å². The van der Waals surface area contributed by atoms with E-state index in [1.807, 2.05) is 6.92 Å². The Balaban J connectivity index is 2.28. The van der Waals surface area contributed by atoms with Crippen LogP contribution >= 0.6 is 0 Å². The summed E-state index contributed by atoms with van der Waals surface area (Å²) in [6.07, 6.45) is 1.38. The second kappa shape index (κ2) is 11.2. The summed E-state index contributed by atoms with van der Waals surface area (Å²) in [4.78, 5) is 53.6. The first-order chi connectivity index (χ1) is 17.2. The molecule has 0 spiro atoms. The molecule has 0 unspecified atom stereocenters. The van der Waals surface area contributed by atoms with Crippen LogP contribution in [0.4, 0.5) is 22.9 Å². The fraction of sp³-hybridized carbons (Fsp3) is 0.292. The highest BCUT2D eigenvalue weighted by Crippen LogP contribution is 2.29. The molecule has 36 heavy (non-hydrogen) atoms. The number of nitrogen functional groups attached to an aromatic ring is 1. The minimum Gasteiger partial charge on any atom is -0.496 e. The number of carbonyl (C=O) groups is 1. The van der Waals surface area contributed by atoms with Gasteiger partial charge >= 0.3 is 5.69 Å². The minimum absolute atomic E-state index is 0.0493. The van der Waals surface area contributed by atoms with E-state index in [2.05, 4.69) is 10.3 Å². The lowest BCUT2D eigenvalue weighted by Crippen LogP contribution is -2.41. The van der Waals surface area contributed by atoms with Gasteiger partial charge in [0.05, 0.1) is 24.1 Å². The Hall–Kier alpha value is -4.61. The highest BCUT2D eigenvalue weighted by atomic mass is 16.6. The number of benzene rings is 2. The molecule has 0 aliphatic carbocycles. The predicted octanol–water partition coefficient (Wildman–Crippen LogP) is 2.72. The molecule has 4 N–H and O–H groups in total. The summed E-state index contributed by atoms with van der Waals surface area (Å²) in [5.41, 5.74) is 5.03. The number of methoxy groups -OCH3 is 1. The van der Waals surface area contributed by atoms with Gasteiger partial charge in [-0.05, 0) is 18.6 Å². The lowest BCUT2D eigenvalue weighted by atomic mass is 10.1. The first-order valence-electron chi connectivity index (χ1n) is 11.3. The van der Waals surface area contributed by atoms with Gasteiger partial charge in [0.25, 0.3) is 17.2 Å². The summed E-state index contributed by atoms with van der Waals surface area (Å²) in [5.74, 6) is -0.457. The molecule has 12 nitrogen and oxygen atoms in total. The molecule has 190 valence electrons. The number of hydrogen-bond acceptors (Lipinski definition) is 8. The number of nitrogens with one attached hydrogen (secondary N) is 2. The zero-order valence-corrected chi connectivity index (χ0v) is 20.2. The van der Waals surface area contributed by atoms with Gasteiger partial charge in [-0.2, -0.15) is 0 Å². The first-order valence-corrected chi connectivity index (χ1v) is 11.3. The number of H-pyrrole nitrogens is 1. The number of amides is 1. The van der Waals surface area contributed by atoms with Crippen molar-refractivity contribution >= 4 is 28.8 Å². The first kappa shape index (κ1) is 26.0. The SMILES string of the molecule is CCCCn1c(N)c(N(Cc2ccccc2OC)C(=O)c2cc([N+](=O)[O-])ccc2NC)c(=O)[nH]c1=O. The number of unbranched alkanes of at least 4 members (excludes halogenated alkanes) is 1. The van der Waals surface area contributed by atoms with E-state index in [0.717, 1.165) is 17.4 Å². The van der Waals surface area contributed by atoms with Crippen LogP contribution in [0.3, 0.4) is 0 Å². The van der Waals surface area contributed by atoms with Crippen molar-refractivity contribution in [3.05, 3.63) is 84.5 Å². The van der Waals surface area contributed by atoms with Crippen molar-refractivity contribution in [1.29, 1.82) is 0 Å². The Bertz CT molecular complexity index is 1400. The number of nitrogens with zero attached hydrogens (tertiary/aromatic N) is 3. The second-order valence-corrected chi connectivity index (χ2v) is 7.94. The molecule has 0 radical (unpaired) electrons. The number of aromatic amines is 1. The molecule has 1 amide bonds. The highest BCUT2D eigenvalue weighted by Gasteiger charge is 2.29. The van der Waals surface area contributed by atoms with Crippen molar-refractivity contribution < 1.29 is 14.5 Å². The Morgan fingerprint density at radius 3 is 2.61 bits per heavy atom. The van der Waals surface area contributed by atoms with E-state index < -0.39 is 22.1 Å². The zero-order valence-electron chi connectivity index (χ0n) is 20.2. The van der Waals surface area contributed by atoms with Crippen molar-refractivity contribution in [2.24, 2.45) is 0 Å². The number of ether oxygens (including phenoxy) is 1. The van der Waals surface area contributed by atoms with Gasteiger partial charge in [-0.15, -0.1) is 0 Å². The van der Waals surface area contributed by atoms with Crippen LogP contribution in [0.1, 0.15) is 35.7 Å². The van der Waals surface area contributed by atoms with Crippen LogP contribution in [-0.2, 0) is 13.1 Å². The molecule has 0 fully saturated rings. The maximum absolute atomic E-state index is 13.9. The molecule has 0 saturated heterocycles. The summed E-state index contributed by atoms with van der Waals surface area (Å²) in [5, 5.41) is 14.3. The van der Waals surface area contributed by atoms with E-state index in [4.69, 9.17) is 10.5 Å². The lowest BCUT2D eigenvalue weighted by Gasteiger charge is -2.26. The lowest BCUT2D eigenvalue weighted by molar-refractivity contribution is -0.384. The average Bonchev–Trinajstić information content (AvgIpc) is 2.87. The normalized spacial score (nSPS) is 10.6. The average molecular weight is 497 g/mol. The van der Waals surface area contributed by atoms with Gasteiger partial charge in [0.1, 0.15) is 11.6 Å². The summed E-state index contributed by atoms with van der Waals surface area (Å²) < 4.78 is 6.61. The van der Waals surface area contributed by atoms with Gasteiger partial charge < -0.3 is 15.8 Å². The van der Waals surface area contributed by atoms with Crippen molar-refractivity contribution in [3.63, 3.8) is 0 Å². The van der Waals surface area contributed by atoms with Crippen LogP contribution in [-0.4, -0.2) is 34.5 Å². The summed E-state index contributed by atoms with van der Waals surface area (Å²) in [6.45, 7) is 2.01. The number of rotatable bonds is 10. The molecule has 0 atom stereocenters. The van der Waals surface area contributed by atoms with Crippen molar-refractivity contribution in [3.8, 4) is 5.75 Å². The van der Waals surface area contributed by atoms with Gasteiger partial charge in [0, 0.05) is 37.0 Å². The molecule has 1 aromatic heterocycles. The molecular formula is C24H28N6O6. The van der Waals surface area contributed by atoms with Crippen LogP contribution in [0.25, 0.3) is 0 Å². The minimum atomic E-state index is -0.857. The Morgan fingerprint density at radius 1 is 1.25 bits per heavy atom. The maximum atomic E-state index is 13.9. The topological polar surface area (TPSA) is 166 Å². The third-order valence-corrected chi connectivity index (χ3v) is 5.70. The van der Waals surface area contributed by atoms with E-state index in [1.165, 1.54) is 23.8 Å². The van der Waals surface area contributed by atoms with Crippen molar-refractivity contribution in [2.75, 3.05) is 30.1 Å². The molecule has 12 heteroatoms. The highest BCUT2D eigenvalue weighted by molar-refractivity contribution is 6.10. The summed E-state index contributed by atoms with van der Waals surface area (Å²) in [6, 6.07) is 10.7. The smallest absolute Gasteiger partial charge is 0.330 e. The molecule has 3 rings (SSSR count). The number of aromatic nitrogens is 2. The van der Waals surface area contributed by atoms with Crippen LogP contribution in [0.5, 0.6) is 5.75 Å². The van der Waals surface area contributed by atoms with Gasteiger partial charge in [-0.3, -0.25) is 34.2 Å². The molecule has 3 aromatic rings. The molecule has 0 bridgehead atoms. The second-order valence-electron chi connectivity index (χ2n) is 7.94. The van der Waals surface area contributed by atoms with E-state index in [-0.39, 0.29) is 35.8 Å². The summed E-state index contributed by atoms with van der Waals surface area (Å²) in [7, 11) is 3.03. The third-order valence-electron chi connectivity index (χ3n) is 5.70. The van der Waals surface area contributed by atoms with Crippen molar-refractivity contribution in [1.82, 2.24) is 9.55 Å². The molecule has 1 heterocycles. The Kier molecular flexibility index (Phi) is 8.10. The van der Waals surface area contributed by atoms with E-state index in [9.17, 15) is 24.5 Å². The van der Waals surface area contributed by atoms with Gasteiger partial charge in [0.2, 0.25) is 0 Å². The number of hydrogen-bond donors (Lipinski definition) is 3. The number of nitrogens with two attached hydrogens (primary N) is 1. The number of carbonyl (C=O) groups excluding carboxylic acids is 1. The van der Waals surface area contributed by atoms with Crippen LogP contribution in [0.2, 0.25) is 0 Å². The largest absolute Gasteiger partial charge is 0.496 e. The maximum Gasteiger partial charge on any atom is 0.330 e. The standard InChI is InChI=1S/C24H28N6O6/c1-4-5-12-28-21(25)20(22(31)27-24(28)33)29(14-15-8-6-7-9-19(15)36-3)23(32)17-13-16(30(34)35)10-11-18(17)26-2/h6-11,13,26H,4-5,12,14,25H2,1-3H3,(H,27,31,33). The number of para-hydroxylation sites is 1. The third kappa shape index (κ3) is 5.22. The predicted molar refractivity (Wildman–Crippen MR) is 137 cm³/mol. The van der Waals surface area contributed by atoms with Crippen molar-refractivity contribution in [2.45, 2.75) is 32.9 Å². The van der Waals surface area contributed by atoms with E-state index >= 15 is 0 Å². The summed E-state index contributed by atoms with van der Waals surface area (Å²) >= 11 is 0. The van der Waals surface area contributed by atoms with E-state index in [0.29, 0.717) is 23.4 Å². The molecule has 2 aromatic carbocycles. The van der Waals surface area contributed by atoms with Gasteiger partial charge in [-0.1, -0.05) is 31.5 Å². The number of non-ortho nitro benzene ring substituents is 1.